The molecule has 0 fully saturated rings. The van der Waals surface area contributed by atoms with E-state index in [1.54, 1.807) is 14.1 Å². The van der Waals surface area contributed by atoms with Crippen LogP contribution < -0.4 is 16.0 Å². The molecule has 124 valence electrons. The predicted molar refractivity (Wildman–Crippen MR) is 96.0 cm³/mol. The minimum Gasteiger partial charge on any atom is -0.357 e. The van der Waals surface area contributed by atoms with Crippen molar-refractivity contribution in [2.75, 3.05) is 40.3 Å². The largest absolute Gasteiger partial charge is 0.357 e. The van der Waals surface area contributed by atoms with Crippen molar-refractivity contribution in [1.82, 2.24) is 20.9 Å². The maximum absolute atomic E-state index is 11.5. The van der Waals surface area contributed by atoms with Gasteiger partial charge in [0.05, 0.1) is 0 Å². The first-order chi connectivity index (χ1) is 9.51. The quantitative estimate of drug-likeness (QED) is 0.301. The van der Waals surface area contributed by atoms with E-state index in [1.807, 2.05) is 13.8 Å². The van der Waals surface area contributed by atoms with Crippen LogP contribution in [0.15, 0.2) is 4.99 Å². The molecule has 0 saturated heterocycles. The highest BCUT2D eigenvalue weighted by molar-refractivity contribution is 14.0. The lowest BCUT2D eigenvalue weighted by Crippen LogP contribution is -2.40. The summed E-state index contributed by atoms with van der Waals surface area (Å²) in [6, 6.07) is 0. The molecule has 0 aromatic rings. The zero-order valence-electron chi connectivity index (χ0n) is 13.4. The Kier molecular flexibility index (Phi) is 14.7. The number of guanidine groups is 1. The number of carbonyl (C=O) groups excluding carboxylic acids is 2. The lowest BCUT2D eigenvalue weighted by atomic mass is 10.4. The molecule has 21 heavy (non-hydrogen) atoms. The summed E-state index contributed by atoms with van der Waals surface area (Å²) in [4.78, 5) is 28.5. The topological polar surface area (TPSA) is 85.8 Å². The number of carbonyl (C=O) groups is 2. The molecule has 3 N–H and O–H groups in total. The van der Waals surface area contributed by atoms with Gasteiger partial charge in [-0.25, -0.2) is 4.99 Å². The van der Waals surface area contributed by atoms with Crippen molar-refractivity contribution in [2.24, 2.45) is 4.99 Å². The third-order valence-electron chi connectivity index (χ3n) is 2.43. The number of halogens is 1. The highest BCUT2D eigenvalue weighted by Gasteiger charge is 2.05. The standard InChI is InChI=1S/C13H27N5O2.HI/c1-5-8-15-11(19)7-9-16-13(14-6-2)17-10-12(20)18(3)4;/h5-10H2,1-4H3,(H,15,19)(H2,14,16,17);1H. The Morgan fingerprint density at radius 3 is 2.24 bits per heavy atom. The minimum atomic E-state index is -0.0668. The summed E-state index contributed by atoms with van der Waals surface area (Å²) in [5.74, 6) is 0.494. The monoisotopic (exact) mass is 413 g/mol. The highest BCUT2D eigenvalue weighted by atomic mass is 127. The van der Waals surface area contributed by atoms with Crippen molar-refractivity contribution in [3.63, 3.8) is 0 Å². The number of likely N-dealkylation sites (N-methyl/N-ethyl adjacent to an activating group) is 1. The van der Waals surface area contributed by atoms with E-state index in [-0.39, 0.29) is 42.3 Å². The molecular weight excluding hydrogens is 385 g/mol. The van der Waals surface area contributed by atoms with Gasteiger partial charge in [-0.1, -0.05) is 6.92 Å². The second-order valence-electron chi connectivity index (χ2n) is 4.51. The van der Waals surface area contributed by atoms with Gasteiger partial charge in [0.15, 0.2) is 5.96 Å². The van der Waals surface area contributed by atoms with Crippen LogP contribution in [0.1, 0.15) is 26.7 Å². The number of aliphatic imine (C=N–C) groups is 1. The Labute approximate surface area is 144 Å². The smallest absolute Gasteiger partial charge is 0.243 e. The Hall–Kier alpha value is -1.06. The second kappa shape index (κ2) is 13.9. The van der Waals surface area contributed by atoms with Gasteiger partial charge in [0.2, 0.25) is 11.8 Å². The van der Waals surface area contributed by atoms with E-state index in [4.69, 9.17) is 0 Å². The Morgan fingerprint density at radius 1 is 1.05 bits per heavy atom. The van der Waals surface area contributed by atoms with Gasteiger partial charge in [-0.2, -0.15) is 0 Å². The van der Waals surface area contributed by atoms with Gasteiger partial charge in [0, 0.05) is 40.2 Å². The van der Waals surface area contributed by atoms with Gasteiger partial charge < -0.3 is 20.9 Å². The Morgan fingerprint density at radius 2 is 1.71 bits per heavy atom. The summed E-state index contributed by atoms with van der Waals surface area (Å²) in [5.41, 5.74) is 0. The molecule has 0 radical (unpaired) electrons. The third-order valence-corrected chi connectivity index (χ3v) is 2.43. The number of hydrogen-bond donors (Lipinski definition) is 3. The fourth-order valence-electron chi connectivity index (χ4n) is 1.28. The molecule has 0 spiro atoms. The molecule has 0 aliphatic rings. The van der Waals surface area contributed by atoms with E-state index in [0.29, 0.717) is 32.0 Å². The number of hydrogen-bond acceptors (Lipinski definition) is 3. The zero-order chi connectivity index (χ0) is 15.4. The molecule has 8 heteroatoms. The van der Waals surface area contributed by atoms with Crippen LogP contribution in [-0.4, -0.2) is 62.9 Å². The van der Waals surface area contributed by atoms with Crippen molar-refractivity contribution >= 4 is 41.8 Å². The van der Waals surface area contributed by atoms with Gasteiger partial charge in [-0.15, -0.1) is 24.0 Å². The van der Waals surface area contributed by atoms with Crippen molar-refractivity contribution in [3.8, 4) is 0 Å². The first-order valence-electron chi connectivity index (χ1n) is 7.00. The molecule has 0 rings (SSSR count). The van der Waals surface area contributed by atoms with Crippen LogP contribution in [-0.2, 0) is 9.59 Å². The van der Waals surface area contributed by atoms with Crippen molar-refractivity contribution in [2.45, 2.75) is 26.7 Å². The van der Waals surface area contributed by atoms with Gasteiger partial charge in [0.25, 0.3) is 0 Å². The average molecular weight is 413 g/mol. The Bertz CT molecular complexity index is 335. The fraction of sp³-hybridized carbons (Fsp3) is 0.769. The second-order valence-corrected chi connectivity index (χ2v) is 4.51. The summed E-state index contributed by atoms with van der Waals surface area (Å²) < 4.78 is 0. The summed E-state index contributed by atoms with van der Waals surface area (Å²) in [6.45, 7) is 5.92. The lowest BCUT2D eigenvalue weighted by molar-refractivity contribution is -0.127. The van der Waals surface area contributed by atoms with Gasteiger partial charge >= 0.3 is 0 Å². The van der Waals surface area contributed by atoms with Gasteiger partial charge in [-0.3, -0.25) is 9.59 Å². The van der Waals surface area contributed by atoms with Crippen LogP contribution in [0.4, 0.5) is 0 Å². The molecule has 0 aliphatic heterocycles. The molecule has 0 saturated carbocycles. The van der Waals surface area contributed by atoms with Crippen LogP contribution in [0.3, 0.4) is 0 Å². The molecule has 0 unspecified atom stereocenters. The maximum Gasteiger partial charge on any atom is 0.243 e. The van der Waals surface area contributed by atoms with Crippen LogP contribution in [0.5, 0.6) is 0 Å². The maximum atomic E-state index is 11.5. The van der Waals surface area contributed by atoms with Crippen LogP contribution in [0.2, 0.25) is 0 Å². The summed E-state index contributed by atoms with van der Waals surface area (Å²) in [6.07, 6.45) is 1.31. The normalized spacial score (nSPS) is 10.4. The fourth-order valence-corrected chi connectivity index (χ4v) is 1.28. The minimum absolute atomic E-state index is 0. The number of amides is 2. The summed E-state index contributed by atoms with van der Waals surface area (Å²) in [5, 5.41) is 8.86. The predicted octanol–water partition coefficient (Wildman–Crippen LogP) is 0.164. The van der Waals surface area contributed by atoms with Crippen molar-refractivity contribution in [3.05, 3.63) is 0 Å². The lowest BCUT2D eigenvalue weighted by Gasteiger charge is -2.12. The van der Waals surface area contributed by atoms with Gasteiger partial charge in [0.1, 0.15) is 6.54 Å². The molecule has 2 amide bonds. The molecular formula is C13H28IN5O2. The zero-order valence-corrected chi connectivity index (χ0v) is 15.7. The highest BCUT2D eigenvalue weighted by Crippen LogP contribution is 1.83. The van der Waals surface area contributed by atoms with Crippen molar-refractivity contribution < 1.29 is 9.59 Å². The van der Waals surface area contributed by atoms with Crippen LogP contribution >= 0.6 is 24.0 Å². The molecule has 0 aromatic carbocycles. The first-order valence-corrected chi connectivity index (χ1v) is 7.00. The van der Waals surface area contributed by atoms with E-state index in [0.717, 1.165) is 6.42 Å². The van der Waals surface area contributed by atoms with Crippen molar-refractivity contribution in [1.29, 1.82) is 0 Å². The van der Waals surface area contributed by atoms with E-state index in [9.17, 15) is 9.59 Å². The molecule has 0 aliphatic carbocycles. The van der Waals surface area contributed by atoms with Crippen LogP contribution in [0, 0.1) is 0 Å². The van der Waals surface area contributed by atoms with E-state index < -0.39 is 0 Å². The van der Waals surface area contributed by atoms with Gasteiger partial charge in [-0.05, 0) is 13.3 Å². The molecule has 7 nitrogen and oxygen atoms in total. The number of nitrogens with one attached hydrogen (secondary N) is 3. The molecule has 0 bridgehead atoms. The third kappa shape index (κ3) is 12.4. The van der Waals surface area contributed by atoms with Crippen LogP contribution in [0.25, 0.3) is 0 Å². The average Bonchev–Trinajstić information content (AvgIpc) is 2.41. The molecule has 0 heterocycles. The SMILES string of the molecule is CCCNC(=O)CCNC(=NCC(=O)N(C)C)NCC.I. The molecule has 0 atom stereocenters. The summed E-state index contributed by atoms with van der Waals surface area (Å²) in [7, 11) is 3.38. The first kappa shape index (κ1) is 22.2. The van der Waals surface area contributed by atoms with E-state index >= 15 is 0 Å². The number of nitrogens with zero attached hydrogens (tertiary/aromatic N) is 2. The number of rotatable bonds is 8. The Balaban J connectivity index is 0. The van der Waals surface area contributed by atoms with E-state index in [2.05, 4.69) is 20.9 Å². The van der Waals surface area contributed by atoms with E-state index in [1.165, 1.54) is 4.90 Å². The molecule has 0 aromatic heterocycles. The summed E-state index contributed by atoms with van der Waals surface area (Å²) >= 11 is 0.